The van der Waals surface area contributed by atoms with E-state index >= 15 is 0 Å². The van der Waals surface area contributed by atoms with Crippen molar-refractivity contribution in [3.05, 3.63) is 28.0 Å². The Labute approximate surface area is 119 Å². The number of rotatable bonds is 0. The number of allylic oxidation sites excluding steroid dienone is 3. The summed E-state index contributed by atoms with van der Waals surface area (Å²) in [6, 6.07) is 0. The van der Waals surface area contributed by atoms with Gasteiger partial charge >= 0.3 is 25.2 Å². The second-order valence-corrected chi connectivity index (χ2v) is 3.14. The summed E-state index contributed by atoms with van der Waals surface area (Å²) < 4.78 is 0. The standard InChI is InChI=1S/C8H9ClN2O.2ClH.Zn/c1-4-3-6(12)7(9)5(2)8(4)11-10;;;/h3-4,12H,1-2H3;2*1H;/q;;;+2/p-2. The predicted molar refractivity (Wildman–Crippen MR) is 47.1 cm³/mol. The molecule has 0 aromatic heterocycles. The fourth-order valence-electron chi connectivity index (χ4n) is 1.20. The van der Waals surface area contributed by atoms with E-state index in [0.29, 0.717) is 11.3 Å². The van der Waals surface area contributed by atoms with Crippen molar-refractivity contribution in [3.63, 3.8) is 0 Å². The molecule has 0 bridgehead atoms. The van der Waals surface area contributed by atoms with Crippen LogP contribution in [0.2, 0.25) is 0 Å². The molecule has 0 fully saturated rings. The first-order chi connectivity index (χ1) is 5.57. The van der Waals surface area contributed by atoms with Crippen molar-refractivity contribution in [2.45, 2.75) is 13.8 Å². The van der Waals surface area contributed by atoms with Crippen molar-refractivity contribution in [1.82, 2.24) is 0 Å². The van der Waals surface area contributed by atoms with Crippen LogP contribution in [0, 0.1) is 5.92 Å². The maximum atomic E-state index is 9.27. The Kier molecular flexibility index (Phi) is 11.4. The van der Waals surface area contributed by atoms with Crippen molar-refractivity contribution in [2.24, 2.45) is 5.92 Å². The van der Waals surface area contributed by atoms with Gasteiger partial charge in [0.1, 0.15) is 5.76 Å². The maximum Gasteiger partial charge on any atom is 2.00 e. The first kappa shape index (κ1) is 20.6. The quantitative estimate of drug-likeness (QED) is 0.278. The number of aliphatic hydroxyl groups is 1. The third kappa shape index (κ3) is 4.26. The fraction of sp³-hybridized carbons (Fsp3) is 0.375. The molecule has 80 valence electrons. The number of halogens is 3. The smallest absolute Gasteiger partial charge is 1.00 e. The molecule has 0 aliphatic heterocycles. The van der Waals surface area contributed by atoms with E-state index in [-0.39, 0.29) is 61.0 Å². The van der Waals surface area contributed by atoms with Crippen LogP contribution in [-0.2, 0) is 19.5 Å². The van der Waals surface area contributed by atoms with Crippen LogP contribution in [0.4, 0.5) is 0 Å². The Hall–Kier alpha value is 0.153. The Morgan fingerprint density at radius 1 is 1.47 bits per heavy atom. The monoisotopic (exact) mass is 318 g/mol. The zero-order valence-corrected chi connectivity index (χ0v) is 13.6. The third-order valence-electron chi connectivity index (χ3n) is 1.89. The molecule has 15 heavy (non-hydrogen) atoms. The number of hydrogen-bond acceptors (Lipinski definition) is 1. The van der Waals surface area contributed by atoms with Gasteiger partial charge in [0.15, 0.2) is 0 Å². The molecule has 0 saturated carbocycles. The Balaban J connectivity index is -0.000000480. The van der Waals surface area contributed by atoms with Gasteiger partial charge in [-0.2, -0.15) is 4.79 Å². The molecule has 1 atom stereocenters. The van der Waals surface area contributed by atoms with Crippen molar-refractivity contribution in [2.75, 3.05) is 0 Å². The third-order valence-corrected chi connectivity index (χ3v) is 2.36. The normalized spacial score (nSPS) is 19.0. The number of nitrogens with zero attached hydrogens (tertiary/aromatic N) is 2. The van der Waals surface area contributed by atoms with Crippen LogP contribution in [-0.4, -0.2) is 15.6 Å². The van der Waals surface area contributed by atoms with Gasteiger partial charge in [-0.3, -0.25) is 0 Å². The molecule has 1 rings (SSSR count). The summed E-state index contributed by atoms with van der Waals surface area (Å²) >= 11 is 5.73. The van der Waals surface area contributed by atoms with Crippen molar-refractivity contribution < 1.29 is 54.2 Å². The van der Waals surface area contributed by atoms with Gasteiger partial charge in [-0.25, -0.2) is 0 Å². The zero-order valence-electron chi connectivity index (χ0n) is 8.34. The van der Waals surface area contributed by atoms with Gasteiger partial charge in [-0.15, -0.1) is 0 Å². The Bertz CT molecular complexity index is 335. The van der Waals surface area contributed by atoms with E-state index in [1.807, 2.05) is 6.92 Å². The van der Waals surface area contributed by atoms with Crippen LogP contribution in [0.5, 0.6) is 0 Å². The molecule has 1 unspecified atom stereocenters. The minimum atomic E-state index is -0.0995. The summed E-state index contributed by atoms with van der Waals surface area (Å²) in [5.41, 5.74) is 9.74. The summed E-state index contributed by atoms with van der Waals surface area (Å²) in [5, 5.41) is 9.52. The summed E-state index contributed by atoms with van der Waals surface area (Å²) in [7, 11) is 0. The molecule has 1 N–H and O–H groups in total. The average Bonchev–Trinajstić information content (AvgIpc) is 2.01. The van der Waals surface area contributed by atoms with E-state index in [4.69, 9.17) is 17.1 Å². The SMILES string of the molecule is CC1=C(Cl)C(O)=CC(C)C1=[N+]=[N-].[Cl-].[Cl-].[Zn+2]. The second kappa shape index (κ2) is 8.32. The molecule has 0 radical (unpaired) electrons. The van der Waals surface area contributed by atoms with Crippen molar-refractivity contribution in [1.29, 1.82) is 0 Å². The van der Waals surface area contributed by atoms with Crippen LogP contribution in [0.25, 0.3) is 5.53 Å². The number of aliphatic hydroxyl groups excluding tert-OH is 1. The van der Waals surface area contributed by atoms with Crippen molar-refractivity contribution >= 4 is 17.3 Å². The molecule has 0 saturated heterocycles. The molecule has 1 aliphatic rings. The van der Waals surface area contributed by atoms with Crippen LogP contribution < -0.4 is 24.8 Å². The van der Waals surface area contributed by atoms with Crippen LogP contribution in [0.15, 0.2) is 22.4 Å². The zero-order chi connectivity index (χ0) is 9.30. The molecule has 0 spiro atoms. The second-order valence-electron chi connectivity index (χ2n) is 2.76. The molecular formula is C8H9Cl3N2OZn. The van der Waals surface area contributed by atoms with E-state index in [2.05, 4.69) is 4.79 Å². The number of hydrogen-bond donors (Lipinski definition) is 1. The van der Waals surface area contributed by atoms with E-state index in [9.17, 15) is 5.11 Å². The van der Waals surface area contributed by atoms with Gasteiger partial charge < -0.3 is 35.5 Å². The first-order valence-corrected chi connectivity index (χ1v) is 3.95. The summed E-state index contributed by atoms with van der Waals surface area (Å²) in [4.78, 5) is 3.11. The molecule has 0 aromatic carbocycles. The fourth-order valence-corrected chi connectivity index (χ4v) is 1.36. The molecular weight excluding hydrogens is 312 g/mol. The summed E-state index contributed by atoms with van der Waals surface area (Å²) in [5.74, 6) is -0.0495. The van der Waals surface area contributed by atoms with Crippen LogP contribution in [0.3, 0.4) is 0 Å². The largest absolute Gasteiger partial charge is 2.00 e. The van der Waals surface area contributed by atoms with Crippen LogP contribution >= 0.6 is 11.6 Å². The minimum absolute atomic E-state index is 0. The van der Waals surface area contributed by atoms with E-state index in [0.717, 1.165) is 0 Å². The van der Waals surface area contributed by atoms with Crippen molar-refractivity contribution in [3.8, 4) is 0 Å². The molecule has 1 aliphatic carbocycles. The molecule has 7 heteroatoms. The van der Waals surface area contributed by atoms with Gasteiger partial charge in [0.2, 0.25) is 0 Å². The Morgan fingerprint density at radius 2 is 1.93 bits per heavy atom. The maximum absolute atomic E-state index is 9.27. The molecule has 0 aromatic rings. The summed E-state index contributed by atoms with van der Waals surface area (Å²) in [6.45, 7) is 3.52. The molecule has 0 amide bonds. The van der Waals surface area contributed by atoms with Gasteiger partial charge in [-0.1, -0.05) is 11.6 Å². The molecule has 0 heterocycles. The summed E-state index contributed by atoms with van der Waals surface area (Å²) in [6.07, 6.45) is 1.55. The van der Waals surface area contributed by atoms with E-state index < -0.39 is 0 Å². The van der Waals surface area contributed by atoms with E-state index in [1.165, 1.54) is 0 Å². The average molecular weight is 321 g/mol. The Morgan fingerprint density at radius 3 is 2.33 bits per heavy atom. The van der Waals surface area contributed by atoms with Gasteiger partial charge in [0, 0.05) is 0 Å². The van der Waals surface area contributed by atoms with E-state index in [1.54, 1.807) is 13.0 Å². The van der Waals surface area contributed by atoms with Gasteiger partial charge in [0.05, 0.1) is 16.5 Å². The topological polar surface area (TPSA) is 56.6 Å². The van der Waals surface area contributed by atoms with Crippen LogP contribution in [0.1, 0.15) is 13.8 Å². The predicted octanol–water partition coefficient (Wildman–Crippen LogP) is -3.73. The minimum Gasteiger partial charge on any atom is -1.00 e. The first-order valence-electron chi connectivity index (χ1n) is 3.57. The van der Waals surface area contributed by atoms with Gasteiger partial charge in [-0.05, 0) is 19.9 Å². The molecule has 3 nitrogen and oxygen atoms in total. The van der Waals surface area contributed by atoms with Gasteiger partial charge in [0.25, 0.3) is 0 Å².